The summed E-state index contributed by atoms with van der Waals surface area (Å²) in [6.07, 6.45) is -2.30. The number of rotatable bonds is 2. The molecule has 1 unspecified atom stereocenters. The van der Waals surface area contributed by atoms with Gasteiger partial charge in [0.25, 0.3) is 0 Å². The Morgan fingerprint density at radius 3 is 2.73 bits per heavy atom. The minimum absolute atomic E-state index is 0.729. The van der Waals surface area contributed by atoms with Gasteiger partial charge in [0.15, 0.2) is 5.92 Å². The zero-order valence-corrected chi connectivity index (χ0v) is 7.40. The van der Waals surface area contributed by atoms with Gasteiger partial charge in [-0.3, -0.25) is 4.57 Å². The van der Waals surface area contributed by atoms with Gasteiger partial charge < -0.3 is 0 Å². The molecule has 0 saturated heterocycles. The van der Waals surface area contributed by atoms with Crippen molar-refractivity contribution in [1.29, 1.82) is 5.26 Å². The van der Waals surface area contributed by atoms with Gasteiger partial charge in [-0.1, -0.05) is 0 Å². The summed E-state index contributed by atoms with van der Waals surface area (Å²) in [4.78, 5) is 14.3. The Kier molecular flexibility index (Phi) is 3.09. The van der Waals surface area contributed by atoms with Crippen LogP contribution in [0.25, 0.3) is 0 Å². The van der Waals surface area contributed by atoms with E-state index in [-0.39, 0.29) is 0 Å². The average Bonchev–Trinajstić information content (AvgIpc) is 2.14. The number of halogens is 3. The Balaban J connectivity index is 2.92. The van der Waals surface area contributed by atoms with Gasteiger partial charge in [-0.05, 0) is 6.07 Å². The summed E-state index contributed by atoms with van der Waals surface area (Å²) in [5.41, 5.74) is -0.804. The maximum Gasteiger partial charge on any atom is 0.406 e. The van der Waals surface area contributed by atoms with E-state index in [4.69, 9.17) is 5.26 Å². The van der Waals surface area contributed by atoms with E-state index in [1.54, 1.807) is 0 Å². The van der Waals surface area contributed by atoms with Crippen molar-refractivity contribution in [3.63, 3.8) is 0 Å². The molecule has 0 amide bonds. The summed E-state index contributed by atoms with van der Waals surface area (Å²) in [6.45, 7) is -0.729. The van der Waals surface area contributed by atoms with Crippen molar-refractivity contribution in [3.8, 4) is 6.07 Å². The Bertz CT molecular complexity index is 432. The van der Waals surface area contributed by atoms with Gasteiger partial charge in [-0.25, -0.2) is 9.78 Å². The highest BCUT2D eigenvalue weighted by molar-refractivity contribution is 4.91. The smallest absolute Gasteiger partial charge is 0.298 e. The lowest BCUT2D eigenvalue weighted by molar-refractivity contribution is -0.162. The Hall–Kier alpha value is -1.84. The highest BCUT2D eigenvalue weighted by atomic mass is 19.4. The second-order valence-electron chi connectivity index (χ2n) is 2.78. The van der Waals surface area contributed by atoms with Crippen molar-refractivity contribution >= 4 is 0 Å². The van der Waals surface area contributed by atoms with Crippen LogP contribution in [0.4, 0.5) is 13.2 Å². The van der Waals surface area contributed by atoms with Crippen molar-refractivity contribution in [3.05, 3.63) is 28.9 Å². The van der Waals surface area contributed by atoms with E-state index < -0.39 is 24.3 Å². The molecule has 4 nitrogen and oxygen atoms in total. The van der Waals surface area contributed by atoms with Crippen LogP contribution in [0.15, 0.2) is 23.3 Å². The lowest BCUT2D eigenvalue weighted by atomic mass is 10.1. The van der Waals surface area contributed by atoms with Crippen LogP contribution < -0.4 is 5.69 Å². The van der Waals surface area contributed by atoms with E-state index in [0.717, 1.165) is 16.8 Å². The maximum absolute atomic E-state index is 12.2. The molecule has 1 rings (SSSR count). The second kappa shape index (κ2) is 4.13. The van der Waals surface area contributed by atoms with Crippen LogP contribution in [0.2, 0.25) is 0 Å². The van der Waals surface area contributed by atoms with Crippen molar-refractivity contribution in [2.75, 3.05) is 0 Å². The van der Waals surface area contributed by atoms with E-state index in [1.165, 1.54) is 12.3 Å². The number of alkyl halides is 3. The average molecular weight is 217 g/mol. The number of hydrogen-bond acceptors (Lipinski definition) is 3. The largest absolute Gasteiger partial charge is 0.406 e. The topological polar surface area (TPSA) is 58.7 Å². The monoisotopic (exact) mass is 217 g/mol. The predicted molar refractivity (Wildman–Crippen MR) is 43.7 cm³/mol. The van der Waals surface area contributed by atoms with Gasteiger partial charge in [-0.15, -0.1) is 0 Å². The van der Waals surface area contributed by atoms with E-state index >= 15 is 0 Å². The van der Waals surface area contributed by atoms with Crippen molar-refractivity contribution in [2.45, 2.75) is 12.7 Å². The van der Waals surface area contributed by atoms with Gasteiger partial charge in [0.05, 0.1) is 12.6 Å². The number of aromatic nitrogens is 2. The summed E-state index contributed by atoms with van der Waals surface area (Å²) in [5.74, 6) is -2.20. The van der Waals surface area contributed by atoms with Crippen LogP contribution in [-0.2, 0) is 6.54 Å². The fourth-order valence-electron chi connectivity index (χ4n) is 0.940. The Morgan fingerprint density at radius 1 is 1.60 bits per heavy atom. The first-order chi connectivity index (χ1) is 6.95. The quantitative estimate of drug-likeness (QED) is 0.740. The second-order valence-corrected chi connectivity index (χ2v) is 2.78. The van der Waals surface area contributed by atoms with E-state index in [0.29, 0.717) is 0 Å². The number of nitrogens with zero attached hydrogens (tertiary/aromatic N) is 3. The van der Waals surface area contributed by atoms with Crippen LogP contribution in [0, 0.1) is 17.2 Å². The van der Waals surface area contributed by atoms with E-state index in [1.807, 2.05) is 0 Å². The first-order valence-electron chi connectivity index (χ1n) is 3.93. The molecule has 0 aliphatic rings. The third kappa shape index (κ3) is 2.80. The van der Waals surface area contributed by atoms with E-state index in [9.17, 15) is 18.0 Å². The summed E-state index contributed by atoms with van der Waals surface area (Å²) in [5, 5.41) is 8.31. The standard InChI is InChI=1S/C8H6F3N3O/c9-8(10,11)6(4-12)5-14-3-1-2-13-7(14)15/h1-3,6H,5H2. The lowest BCUT2D eigenvalue weighted by Gasteiger charge is -2.13. The molecule has 1 aromatic rings. The molecule has 0 aromatic carbocycles. The molecule has 0 spiro atoms. The molecular formula is C8H6F3N3O. The van der Waals surface area contributed by atoms with Gasteiger partial charge in [0, 0.05) is 12.4 Å². The van der Waals surface area contributed by atoms with Gasteiger partial charge in [0.2, 0.25) is 0 Å². The molecule has 0 fully saturated rings. The highest BCUT2D eigenvalue weighted by Crippen LogP contribution is 2.26. The maximum atomic E-state index is 12.2. The van der Waals surface area contributed by atoms with Crippen molar-refractivity contribution in [1.82, 2.24) is 9.55 Å². The summed E-state index contributed by atoms with van der Waals surface area (Å²) >= 11 is 0. The third-order valence-electron chi connectivity index (χ3n) is 1.71. The molecule has 15 heavy (non-hydrogen) atoms. The first kappa shape index (κ1) is 11.2. The Labute approximate surface area is 82.6 Å². The molecule has 1 atom stereocenters. The van der Waals surface area contributed by atoms with Gasteiger partial charge in [0.1, 0.15) is 0 Å². The minimum Gasteiger partial charge on any atom is -0.298 e. The number of nitriles is 1. The summed E-state index contributed by atoms with van der Waals surface area (Å²) in [6, 6.07) is 2.43. The van der Waals surface area contributed by atoms with Crippen LogP contribution >= 0.6 is 0 Å². The fraction of sp³-hybridized carbons (Fsp3) is 0.375. The summed E-state index contributed by atoms with van der Waals surface area (Å²) in [7, 11) is 0. The fourth-order valence-corrected chi connectivity index (χ4v) is 0.940. The molecule has 1 aromatic heterocycles. The Morgan fingerprint density at radius 2 is 2.27 bits per heavy atom. The van der Waals surface area contributed by atoms with Crippen LogP contribution in [0.1, 0.15) is 0 Å². The molecule has 0 radical (unpaired) electrons. The summed E-state index contributed by atoms with van der Waals surface area (Å²) < 4.78 is 37.3. The number of hydrogen-bond donors (Lipinski definition) is 0. The molecule has 7 heteroatoms. The zero-order chi connectivity index (χ0) is 11.5. The van der Waals surface area contributed by atoms with Gasteiger partial charge >= 0.3 is 11.9 Å². The molecule has 80 valence electrons. The molecular weight excluding hydrogens is 211 g/mol. The van der Waals surface area contributed by atoms with Gasteiger partial charge in [-0.2, -0.15) is 18.4 Å². The minimum atomic E-state index is -4.63. The third-order valence-corrected chi connectivity index (χ3v) is 1.71. The molecule has 1 heterocycles. The first-order valence-corrected chi connectivity index (χ1v) is 3.93. The molecule has 0 aliphatic carbocycles. The lowest BCUT2D eigenvalue weighted by Crippen LogP contribution is -2.31. The van der Waals surface area contributed by atoms with Crippen LogP contribution in [0.3, 0.4) is 0 Å². The molecule has 0 aliphatic heterocycles. The molecule has 0 N–H and O–H groups in total. The highest BCUT2D eigenvalue weighted by Gasteiger charge is 2.40. The van der Waals surface area contributed by atoms with Crippen molar-refractivity contribution < 1.29 is 13.2 Å². The van der Waals surface area contributed by atoms with Crippen LogP contribution in [0.5, 0.6) is 0 Å². The molecule has 0 saturated carbocycles. The van der Waals surface area contributed by atoms with E-state index in [2.05, 4.69) is 4.98 Å². The normalized spacial score (nSPS) is 13.2. The predicted octanol–water partition coefficient (Wildman–Crippen LogP) is 0.945. The van der Waals surface area contributed by atoms with Crippen molar-refractivity contribution in [2.24, 2.45) is 5.92 Å². The van der Waals surface area contributed by atoms with Crippen LogP contribution in [-0.4, -0.2) is 15.7 Å². The molecule has 0 bridgehead atoms. The SMILES string of the molecule is N#CC(Cn1cccnc1=O)C(F)(F)F. The zero-order valence-electron chi connectivity index (χ0n) is 7.40.